The first-order chi connectivity index (χ1) is 14.1. The first-order valence-corrected chi connectivity index (χ1v) is 11.5. The third kappa shape index (κ3) is 6.07. The van der Waals surface area contributed by atoms with E-state index >= 15 is 0 Å². The van der Waals surface area contributed by atoms with Crippen LogP contribution in [0.4, 0.5) is 0 Å². The number of benzene rings is 1. The molecule has 0 bridgehead atoms. The molecule has 4 nitrogen and oxygen atoms in total. The number of unbranched alkanes of at least 4 members (excludes halogenated alkanes) is 1. The molecule has 0 saturated heterocycles. The molecular formula is C25H36O4. The molecular weight excluding hydrogens is 364 g/mol. The van der Waals surface area contributed by atoms with E-state index in [-0.39, 0.29) is 11.9 Å². The Hall–Kier alpha value is -1.84. The molecule has 0 N–H and O–H groups in total. The molecule has 2 fully saturated rings. The van der Waals surface area contributed by atoms with Crippen LogP contribution in [0.3, 0.4) is 0 Å². The van der Waals surface area contributed by atoms with Gasteiger partial charge in [0.15, 0.2) is 0 Å². The maximum atomic E-state index is 12.5. The van der Waals surface area contributed by atoms with Crippen LogP contribution in [0.2, 0.25) is 0 Å². The molecule has 29 heavy (non-hydrogen) atoms. The van der Waals surface area contributed by atoms with Crippen molar-refractivity contribution in [3.05, 3.63) is 24.3 Å². The molecule has 0 heterocycles. The quantitative estimate of drug-likeness (QED) is 0.398. The van der Waals surface area contributed by atoms with Crippen LogP contribution in [0.15, 0.2) is 24.3 Å². The summed E-state index contributed by atoms with van der Waals surface area (Å²) >= 11 is 0. The van der Waals surface area contributed by atoms with Gasteiger partial charge in [-0.25, -0.2) is 0 Å². The zero-order valence-electron chi connectivity index (χ0n) is 18.0. The lowest BCUT2D eigenvalue weighted by molar-refractivity contribution is -0.140. The molecule has 0 aliphatic heterocycles. The van der Waals surface area contributed by atoms with Gasteiger partial charge in [-0.1, -0.05) is 13.3 Å². The fourth-order valence-electron chi connectivity index (χ4n) is 5.14. The molecule has 3 rings (SSSR count). The number of hydrogen-bond acceptors (Lipinski definition) is 4. The van der Waals surface area contributed by atoms with Crippen molar-refractivity contribution in [1.29, 1.82) is 0 Å². The van der Waals surface area contributed by atoms with Gasteiger partial charge in [0.1, 0.15) is 17.3 Å². The van der Waals surface area contributed by atoms with Crippen molar-refractivity contribution in [3.63, 3.8) is 0 Å². The Morgan fingerprint density at radius 3 is 1.86 bits per heavy atom. The van der Waals surface area contributed by atoms with Crippen molar-refractivity contribution in [2.75, 3.05) is 7.11 Å². The number of rotatable bonds is 8. The van der Waals surface area contributed by atoms with Crippen LogP contribution in [-0.2, 0) is 9.59 Å². The minimum atomic E-state index is -0.0983. The molecule has 4 heteroatoms. The van der Waals surface area contributed by atoms with E-state index in [1.165, 1.54) is 12.8 Å². The minimum Gasteiger partial charge on any atom is -0.497 e. The average Bonchev–Trinajstić information content (AvgIpc) is 2.78. The highest BCUT2D eigenvalue weighted by atomic mass is 16.5. The van der Waals surface area contributed by atoms with Crippen molar-refractivity contribution in [3.8, 4) is 11.5 Å². The van der Waals surface area contributed by atoms with Gasteiger partial charge in [0.25, 0.3) is 0 Å². The predicted octanol–water partition coefficient (Wildman–Crippen LogP) is 5.97. The van der Waals surface area contributed by atoms with Gasteiger partial charge in [0.05, 0.1) is 13.0 Å². The fourth-order valence-corrected chi connectivity index (χ4v) is 5.14. The summed E-state index contributed by atoms with van der Waals surface area (Å²) in [6.07, 6.45) is 11.5. The topological polar surface area (TPSA) is 52.6 Å². The molecule has 1 aromatic carbocycles. The summed E-state index contributed by atoms with van der Waals surface area (Å²) in [5.74, 6) is 3.52. The fraction of sp³-hybridized carbons (Fsp3) is 0.680. The Morgan fingerprint density at radius 2 is 1.34 bits per heavy atom. The van der Waals surface area contributed by atoms with Gasteiger partial charge < -0.3 is 9.47 Å². The lowest BCUT2D eigenvalue weighted by Gasteiger charge is -2.37. The zero-order chi connectivity index (χ0) is 20.6. The highest BCUT2D eigenvalue weighted by Crippen LogP contribution is 2.42. The molecule has 0 aromatic heterocycles. The number of carbonyl (C=O) groups is 2. The number of ether oxygens (including phenoxy) is 2. The summed E-state index contributed by atoms with van der Waals surface area (Å²) in [6, 6.07) is 7.18. The summed E-state index contributed by atoms with van der Waals surface area (Å²) in [4.78, 5) is 24.8. The highest BCUT2D eigenvalue weighted by molar-refractivity contribution is 5.81. The average molecular weight is 401 g/mol. The largest absolute Gasteiger partial charge is 0.497 e. The zero-order valence-corrected chi connectivity index (χ0v) is 18.0. The van der Waals surface area contributed by atoms with E-state index in [1.807, 2.05) is 12.1 Å². The van der Waals surface area contributed by atoms with Gasteiger partial charge >= 0.3 is 5.97 Å². The SMILES string of the molecule is CCCCC(=O)[C@H]1CC[C@H]([C@H]2CC[C@H](C(=O)Oc3ccc(OC)cc3)CC2)CC1. The van der Waals surface area contributed by atoms with Gasteiger partial charge in [-0.3, -0.25) is 9.59 Å². The summed E-state index contributed by atoms with van der Waals surface area (Å²) in [5, 5.41) is 0. The van der Waals surface area contributed by atoms with E-state index in [9.17, 15) is 9.59 Å². The van der Waals surface area contributed by atoms with Crippen LogP contribution in [0.1, 0.15) is 77.6 Å². The Labute approximate surface area is 175 Å². The second-order valence-electron chi connectivity index (χ2n) is 8.89. The van der Waals surface area contributed by atoms with Crippen LogP contribution in [0.25, 0.3) is 0 Å². The number of carbonyl (C=O) groups excluding carboxylic acids is 2. The summed E-state index contributed by atoms with van der Waals surface area (Å²) in [6.45, 7) is 2.15. The van der Waals surface area contributed by atoms with Gasteiger partial charge in [-0.05, 0) is 93.9 Å². The third-order valence-electron chi connectivity index (χ3n) is 7.05. The van der Waals surface area contributed by atoms with Crippen molar-refractivity contribution < 1.29 is 19.1 Å². The van der Waals surface area contributed by atoms with Crippen LogP contribution >= 0.6 is 0 Å². The molecule has 0 spiro atoms. The van der Waals surface area contributed by atoms with Crippen LogP contribution in [0.5, 0.6) is 11.5 Å². The second kappa shape index (κ2) is 10.8. The Morgan fingerprint density at radius 1 is 0.828 bits per heavy atom. The normalized spacial score (nSPS) is 27.2. The Kier molecular flexibility index (Phi) is 8.14. The standard InChI is InChI=1S/C25H36O4/c1-3-4-5-24(26)20-10-6-18(7-11-20)19-8-12-21(13-9-19)25(27)29-23-16-14-22(28-2)15-17-23/h14-21H,3-13H2,1-2H3/t18-,19-,20-,21-. The first kappa shape index (κ1) is 21.9. The number of methoxy groups -OCH3 is 1. The van der Waals surface area contributed by atoms with E-state index in [4.69, 9.17) is 9.47 Å². The lowest BCUT2D eigenvalue weighted by atomic mass is 9.68. The van der Waals surface area contributed by atoms with Crippen molar-refractivity contribution in [2.24, 2.45) is 23.7 Å². The maximum absolute atomic E-state index is 12.5. The molecule has 2 aliphatic rings. The van der Waals surface area contributed by atoms with Gasteiger partial charge in [-0.15, -0.1) is 0 Å². The summed E-state index contributed by atoms with van der Waals surface area (Å²) in [5.41, 5.74) is 0. The van der Waals surface area contributed by atoms with E-state index in [0.717, 1.165) is 69.5 Å². The molecule has 160 valence electrons. The third-order valence-corrected chi connectivity index (χ3v) is 7.05. The number of esters is 1. The van der Waals surface area contributed by atoms with Crippen molar-refractivity contribution in [2.45, 2.75) is 77.6 Å². The molecule has 2 saturated carbocycles. The lowest BCUT2D eigenvalue weighted by Crippen LogP contribution is -2.31. The molecule has 0 unspecified atom stereocenters. The smallest absolute Gasteiger partial charge is 0.314 e. The Bertz CT molecular complexity index is 650. The van der Waals surface area contributed by atoms with Crippen LogP contribution in [0, 0.1) is 23.7 Å². The number of Topliss-reactive ketones (excluding diaryl/α,β-unsaturated/α-hetero) is 1. The minimum absolute atomic E-state index is 0.0142. The molecule has 0 radical (unpaired) electrons. The molecule has 2 aliphatic carbocycles. The van der Waals surface area contributed by atoms with Gasteiger partial charge in [0.2, 0.25) is 0 Å². The summed E-state index contributed by atoms with van der Waals surface area (Å²) in [7, 11) is 1.62. The van der Waals surface area contributed by atoms with Gasteiger partial charge in [0, 0.05) is 12.3 Å². The van der Waals surface area contributed by atoms with Crippen molar-refractivity contribution in [1.82, 2.24) is 0 Å². The Balaban J connectivity index is 1.40. The molecule has 1 aromatic rings. The highest BCUT2D eigenvalue weighted by Gasteiger charge is 2.34. The second-order valence-corrected chi connectivity index (χ2v) is 8.89. The number of hydrogen-bond donors (Lipinski definition) is 0. The van der Waals surface area contributed by atoms with Crippen LogP contribution < -0.4 is 9.47 Å². The predicted molar refractivity (Wildman–Crippen MR) is 114 cm³/mol. The van der Waals surface area contributed by atoms with E-state index in [1.54, 1.807) is 19.2 Å². The van der Waals surface area contributed by atoms with E-state index in [2.05, 4.69) is 6.92 Å². The van der Waals surface area contributed by atoms with E-state index < -0.39 is 0 Å². The maximum Gasteiger partial charge on any atom is 0.314 e. The molecule has 0 atom stereocenters. The number of ketones is 1. The monoisotopic (exact) mass is 400 g/mol. The van der Waals surface area contributed by atoms with E-state index in [0.29, 0.717) is 23.4 Å². The van der Waals surface area contributed by atoms with Crippen LogP contribution in [-0.4, -0.2) is 18.9 Å². The molecule has 0 amide bonds. The van der Waals surface area contributed by atoms with Gasteiger partial charge in [-0.2, -0.15) is 0 Å². The summed E-state index contributed by atoms with van der Waals surface area (Å²) < 4.78 is 10.7. The first-order valence-electron chi connectivity index (χ1n) is 11.5. The van der Waals surface area contributed by atoms with Crippen molar-refractivity contribution >= 4 is 11.8 Å².